The van der Waals surface area contributed by atoms with E-state index in [2.05, 4.69) is 16.4 Å². The minimum atomic E-state index is 0.321. The van der Waals surface area contributed by atoms with Gasteiger partial charge >= 0.3 is 0 Å². The maximum atomic E-state index is 9.04. The smallest absolute Gasteiger partial charge is 0.137 e. The van der Waals surface area contributed by atoms with Gasteiger partial charge in [-0.25, -0.2) is 0 Å². The molecule has 2 aliphatic rings. The van der Waals surface area contributed by atoms with Crippen LogP contribution in [0, 0.1) is 11.8 Å². The molecule has 3 rings (SSSR count). The fourth-order valence-corrected chi connectivity index (χ4v) is 2.43. The van der Waals surface area contributed by atoms with E-state index in [4.69, 9.17) is 9.84 Å². The zero-order valence-electron chi connectivity index (χ0n) is 10.5. The summed E-state index contributed by atoms with van der Waals surface area (Å²) >= 11 is 0. The van der Waals surface area contributed by atoms with E-state index in [1.54, 1.807) is 6.20 Å². The Morgan fingerprint density at radius 3 is 2.94 bits per heavy atom. The van der Waals surface area contributed by atoms with E-state index in [0.29, 0.717) is 24.5 Å². The molecular weight excluding hydrogens is 228 g/mol. The second kappa shape index (κ2) is 5.24. The van der Waals surface area contributed by atoms with Gasteiger partial charge in [-0.3, -0.25) is 4.98 Å². The minimum absolute atomic E-state index is 0.321. The number of pyridine rings is 1. The fraction of sp³-hybridized carbons (Fsp3) is 0.643. The van der Waals surface area contributed by atoms with Gasteiger partial charge in [0.25, 0.3) is 0 Å². The number of ether oxygens (including phenoxy) is 1. The van der Waals surface area contributed by atoms with Gasteiger partial charge in [0.15, 0.2) is 0 Å². The lowest BCUT2D eigenvalue weighted by atomic mass is 10.1. The molecule has 1 saturated heterocycles. The summed E-state index contributed by atoms with van der Waals surface area (Å²) in [5.74, 6) is 2.01. The topological polar surface area (TPSA) is 54.4 Å². The Bertz CT molecular complexity index is 407. The van der Waals surface area contributed by atoms with E-state index in [9.17, 15) is 0 Å². The lowest BCUT2D eigenvalue weighted by molar-refractivity contribution is 0.216. The fourth-order valence-electron chi connectivity index (χ4n) is 2.43. The molecule has 4 heteroatoms. The first-order valence-corrected chi connectivity index (χ1v) is 6.76. The van der Waals surface area contributed by atoms with Crippen LogP contribution < -0.4 is 10.1 Å². The summed E-state index contributed by atoms with van der Waals surface area (Å²) in [7, 11) is 0. The van der Waals surface area contributed by atoms with Gasteiger partial charge in [-0.2, -0.15) is 0 Å². The highest BCUT2D eigenvalue weighted by molar-refractivity contribution is 5.24. The van der Waals surface area contributed by atoms with E-state index in [1.165, 1.54) is 12.0 Å². The number of rotatable bonds is 6. The standard InChI is InChI=1S/C14H20N2O2/c17-8-12-5-11(12)3-10-4-14(7-15-6-10)18-9-13-1-2-16-13/h4,6-7,11-13,16-17H,1-3,5,8-9H2/t11-,12?,13-/m0/s1. The Morgan fingerprint density at radius 2 is 2.28 bits per heavy atom. The van der Waals surface area contributed by atoms with Crippen LogP contribution in [0.3, 0.4) is 0 Å². The first-order chi connectivity index (χ1) is 8.85. The van der Waals surface area contributed by atoms with Crippen molar-refractivity contribution >= 4 is 0 Å². The van der Waals surface area contributed by atoms with Crippen molar-refractivity contribution in [2.24, 2.45) is 11.8 Å². The van der Waals surface area contributed by atoms with Crippen LogP contribution >= 0.6 is 0 Å². The molecule has 0 bridgehead atoms. The van der Waals surface area contributed by atoms with Crippen molar-refractivity contribution in [3.63, 3.8) is 0 Å². The molecule has 1 saturated carbocycles. The van der Waals surface area contributed by atoms with Crippen molar-refractivity contribution in [3.8, 4) is 5.75 Å². The van der Waals surface area contributed by atoms with E-state index >= 15 is 0 Å². The third kappa shape index (κ3) is 2.82. The number of aliphatic hydroxyl groups is 1. The second-order valence-corrected chi connectivity index (χ2v) is 5.42. The van der Waals surface area contributed by atoms with Crippen LogP contribution in [-0.2, 0) is 6.42 Å². The highest BCUT2D eigenvalue weighted by atomic mass is 16.5. The quantitative estimate of drug-likeness (QED) is 0.788. The molecule has 0 aromatic carbocycles. The van der Waals surface area contributed by atoms with Crippen LogP contribution in [-0.4, -0.2) is 35.9 Å². The van der Waals surface area contributed by atoms with Crippen molar-refractivity contribution in [2.75, 3.05) is 19.8 Å². The highest BCUT2D eigenvalue weighted by Crippen LogP contribution is 2.40. The van der Waals surface area contributed by atoms with Crippen LogP contribution in [0.25, 0.3) is 0 Å². The Labute approximate surface area is 107 Å². The SMILES string of the molecule is OCC1C[C@@H]1Cc1cncc(OC[C@@H]2CCN2)c1. The molecule has 1 aliphatic carbocycles. The number of nitrogens with one attached hydrogen (secondary N) is 1. The molecule has 18 heavy (non-hydrogen) atoms. The largest absolute Gasteiger partial charge is 0.490 e. The summed E-state index contributed by atoms with van der Waals surface area (Å²) in [6, 6.07) is 2.59. The summed E-state index contributed by atoms with van der Waals surface area (Å²) < 4.78 is 5.73. The Morgan fingerprint density at radius 1 is 1.39 bits per heavy atom. The molecule has 1 aromatic rings. The average molecular weight is 248 g/mol. The van der Waals surface area contributed by atoms with Crippen LogP contribution in [0.2, 0.25) is 0 Å². The summed E-state index contributed by atoms with van der Waals surface area (Å²) in [5, 5.41) is 12.4. The molecule has 3 atom stereocenters. The molecule has 1 aromatic heterocycles. The predicted octanol–water partition coefficient (Wildman–Crippen LogP) is 0.993. The number of aromatic nitrogens is 1. The van der Waals surface area contributed by atoms with Crippen LogP contribution in [0.15, 0.2) is 18.5 Å². The Hall–Kier alpha value is -1.13. The zero-order valence-corrected chi connectivity index (χ0v) is 10.5. The van der Waals surface area contributed by atoms with Gasteiger partial charge in [-0.05, 0) is 49.3 Å². The minimum Gasteiger partial charge on any atom is -0.490 e. The number of hydrogen-bond donors (Lipinski definition) is 2. The molecule has 2 heterocycles. The van der Waals surface area contributed by atoms with Crippen molar-refractivity contribution in [3.05, 3.63) is 24.0 Å². The maximum Gasteiger partial charge on any atom is 0.137 e. The molecule has 0 spiro atoms. The molecular formula is C14H20N2O2. The number of hydrogen-bond acceptors (Lipinski definition) is 4. The third-order valence-corrected chi connectivity index (χ3v) is 3.95. The van der Waals surface area contributed by atoms with Crippen LogP contribution in [0.5, 0.6) is 5.75 Å². The molecule has 4 nitrogen and oxygen atoms in total. The average Bonchev–Trinajstić information content (AvgIpc) is 3.06. The van der Waals surface area contributed by atoms with Gasteiger partial charge in [0.2, 0.25) is 0 Å². The first-order valence-electron chi connectivity index (χ1n) is 6.76. The van der Waals surface area contributed by atoms with Crippen LogP contribution in [0.4, 0.5) is 0 Å². The van der Waals surface area contributed by atoms with Gasteiger partial charge in [-0.15, -0.1) is 0 Å². The van der Waals surface area contributed by atoms with Gasteiger partial charge in [0, 0.05) is 18.8 Å². The normalized spacial score (nSPS) is 29.7. The molecule has 2 fully saturated rings. The molecule has 0 amide bonds. The molecule has 2 N–H and O–H groups in total. The monoisotopic (exact) mass is 248 g/mol. The second-order valence-electron chi connectivity index (χ2n) is 5.42. The highest BCUT2D eigenvalue weighted by Gasteiger charge is 2.36. The van der Waals surface area contributed by atoms with E-state index in [-0.39, 0.29) is 0 Å². The van der Waals surface area contributed by atoms with E-state index in [0.717, 1.165) is 31.7 Å². The molecule has 1 unspecified atom stereocenters. The van der Waals surface area contributed by atoms with E-state index in [1.807, 2.05) is 6.20 Å². The van der Waals surface area contributed by atoms with Crippen molar-refractivity contribution in [2.45, 2.75) is 25.3 Å². The van der Waals surface area contributed by atoms with E-state index < -0.39 is 0 Å². The Kier molecular flexibility index (Phi) is 3.48. The molecule has 1 aliphatic heterocycles. The predicted molar refractivity (Wildman–Crippen MR) is 68.5 cm³/mol. The molecule has 0 radical (unpaired) electrons. The van der Waals surface area contributed by atoms with Gasteiger partial charge < -0.3 is 15.2 Å². The lowest BCUT2D eigenvalue weighted by Gasteiger charge is -2.27. The van der Waals surface area contributed by atoms with Gasteiger partial charge in [0.05, 0.1) is 6.20 Å². The van der Waals surface area contributed by atoms with Crippen molar-refractivity contribution < 1.29 is 9.84 Å². The van der Waals surface area contributed by atoms with Gasteiger partial charge in [-0.1, -0.05) is 0 Å². The third-order valence-electron chi connectivity index (χ3n) is 3.95. The van der Waals surface area contributed by atoms with Crippen molar-refractivity contribution in [1.82, 2.24) is 10.3 Å². The number of aliphatic hydroxyl groups excluding tert-OH is 1. The lowest BCUT2D eigenvalue weighted by Crippen LogP contribution is -2.46. The summed E-state index contributed by atoms with van der Waals surface area (Å²) in [5.41, 5.74) is 1.22. The maximum absolute atomic E-state index is 9.04. The summed E-state index contributed by atoms with van der Waals surface area (Å²) in [6.07, 6.45) is 7.04. The van der Waals surface area contributed by atoms with Crippen molar-refractivity contribution in [1.29, 1.82) is 0 Å². The zero-order chi connectivity index (χ0) is 12.4. The van der Waals surface area contributed by atoms with Gasteiger partial charge in [0.1, 0.15) is 12.4 Å². The number of nitrogens with zero attached hydrogens (tertiary/aromatic N) is 1. The summed E-state index contributed by atoms with van der Waals surface area (Å²) in [4.78, 5) is 4.23. The first kappa shape index (κ1) is 11.9. The van der Waals surface area contributed by atoms with Crippen LogP contribution in [0.1, 0.15) is 18.4 Å². The Balaban J connectivity index is 1.51. The molecule has 98 valence electrons. The summed E-state index contributed by atoms with van der Waals surface area (Å²) in [6.45, 7) is 2.16.